The highest BCUT2D eigenvalue weighted by Gasteiger charge is 2.10. The van der Waals surface area contributed by atoms with Crippen molar-refractivity contribution in [3.63, 3.8) is 0 Å². The van der Waals surface area contributed by atoms with Crippen molar-refractivity contribution >= 4 is 0 Å². The largest absolute Gasteiger partial charge is 0.395 e. The second-order valence-corrected chi connectivity index (χ2v) is 4.36. The highest BCUT2D eigenvalue weighted by Crippen LogP contribution is 2.08. The third-order valence-corrected chi connectivity index (χ3v) is 2.94. The molecule has 0 saturated carbocycles. The fourth-order valence-corrected chi connectivity index (χ4v) is 1.89. The molecule has 0 aliphatic heterocycles. The topological polar surface area (TPSA) is 62.4 Å². The molecule has 1 heterocycles. The zero-order valence-electron chi connectivity index (χ0n) is 11.1. The summed E-state index contributed by atoms with van der Waals surface area (Å²) in [6, 6.07) is 10.1. The molecule has 0 atom stereocenters. The lowest BCUT2D eigenvalue weighted by Crippen LogP contribution is -2.26. The Hall–Kier alpha value is -1.72. The van der Waals surface area contributed by atoms with E-state index in [1.165, 1.54) is 0 Å². The highest BCUT2D eigenvalue weighted by atomic mass is 16.5. The Balaban J connectivity index is 1.95. The summed E-state index contributed by atoms with van der Waals surface area (Å²) in [5, 5.41) is 12.9. The SMILES string of the molecule is CCN(CCO)Cc1nc(Cc2ccccc2)no1. The van der Waals surface area contributed by atoms with Gasteiger partial charge in [-0.2, -0.15) is 4.98 Å². The summed E-state index contributed by atoms with van der Waals surface area (Å²) >= 11 is 0. The van der Waals surface area contributed by atoms with E-state index in [2.05, 4.69) is 15.0 Å². The molecule has 1 N–H and O–H groups in total. The van der Waals surface area contributed by atoms with Crippen molar-refractivity contribution in [1.29, 1.82) is 0 Å². The van der Waals surface area contributed by atoms with Crippen LogP contribution in [-0.4, -0.2) is 39.8 Å². The molecule has 102 valence electrons. The van der Waals surface area contributed by atoms with Gasteiger partial charge in [-0.25, -0.2) is 0 Å². The third-order valence-electron chi connectivity index (χ3n) is 2.94. The van der Waals surface area contributed by atoms with Crippen molar-refractivity contribution in [2.45, 2.75) is 19.9 Å². The molecule has 0 radical (unpaired) electrons. The smallest absolute Gasteiger partial charge is 0.240 e. The van der Waals surface area contributed by atoms with Crippen LogP contribution in [0, 0.1) is 0 Å². The van der Waals surface area contributed by atoms with E-state index in [4.69, 9.17) is 9.63 Å². The molecule has 0 bridgehead atoms. The van der Waals surface area contributed by atoms with E-state index in [-0.39, 0.29) is 6.61 Å². The Morgan fingerprint density at radius 3 is 2.74 bits per heavy atom. The zero-order chi connectivity index (χ0) is 13.5. The average molecular weight is 261 g/mol. The molecular weight excluding hydrogens is 242 g/mol. The number of rotatable bonds is 7. The lowest BCUT2D eigenvalue weighted by molar-refractivity contribution is 0.180. The molecule has 1 aromatic carbocycles. The second kappa shape index (κ2) is 7.01. The highest BCUT2D eigenvalue weighted by molar-refractivity contribution is 5.18. The van der Waals surface area contributed by atoms with Crippen molar-refractivity contribution in [1.82, 2.24) is 15.0 Å². The number of hydrogen-bond acceptors (Lipinski definition) is 5. The normalized spacial score (nSPS) is 11.1. The molecule has 0 aliphatic carbocycles. The Morgan fingerprint density at radius 1 is 1.26 bits per heavy atom. The molecule has 2 aromatic rings. The van der Waals surface area contributed by atoms with Crippen LogP contribution < -0.4 is 0 Å². The first-order valence-corrected chi connectivity index (χ1v) is 6.50. The second-order valence-electron chi connectivity index (χ2n) is 4.36. The van der Waals surface area contributed by atoms with Crippen LogP contribution >= 0.6 is 0 Å². The fourth-order valence-electron chi connectivity index (χ4n) is 1.89. The molecular formula is C14H19N3O2. The van der Waals surface area contributed by atoms with Gasteiger partial charge in [-0.3, -0.25) is 4.90 Å². The van der Waals surface area contributed by atoms with Gasteiger partial charge in [0.25, 0.3) is 0 Å². The van der Waals surface area contributed by atoms with Crippen LogP contribution in [0.25, 0.3) is 0 Å². The number of aliphatic hydroxyl groups excluding tert-OH is 1. The van der Waals surface area contributed by atoms with Gasteiger partial charge in [0, 0.05) is 13.0 Å². The number of aromatic nitrogens is 2. The predicted molar refractivity (Wildman–Crippen MR) is 71.6 cm³/mol. The summed E-state index contributed by atoms with van der Waals surface area (Å²) in [6.07, 6.45) is 0.677. The summed E-state index contributed by atoms with van der Waals surface area (Å²) in [5.74, 6) is 1.29. The maximum Gasteiger partial charge on any atom is 0.240 e. The van der Waals surface area contributed by atoms with Crippen LogP contribution in [0.1, 0.15) is 24.2 Å². The van der Waals surface area contributed by atoms with Gasteiger partial charge in [0.2, 0.25) is 5.89 Å². The van der Waals surface area contributed by atoms with Crippen LogP contribution in [0.3, 0.4) is 0 Å². The minimum absolute atomic E-state index is 0.138. The molecule has 0 spiro atoms. The molecule has 1 aromatic heterocycles. The standard InChI is InChI=1S/C14H19N3O2/c1-2-17(8-9-18)11-14-15-13(16-19-14)10-12-6-4-3-5-7-12/h3-7,18H,2,8-11H2,1H3. The molecule has 2 rings (SSSR count). The maximum absolute atomic E-state index is 8.94. The van der Waals surface area contributed by atoms with E-state index in [0.29, 0.717) is 31.2 Å². The maximum atomic E-state index is 8.94. The molecule has 19 heavy (non-hydrogen) atoms. The number of benzene rings is 1. The van der Waals surface area contributed by atoms with Crippen LogP contribution in [0.2, 0.25) is 0 Å². The predicted octanol–water partition coefficient (Wildman–Crippen LogP) is 1.47. The Labute approximate surface area is 112 Å². The van der Waals surface area contributed by atoms with Gasteiger partial charge in [-0.05, 0) is 12.1 Å². The van der Waals surface area contributed by atoms with Crippen molar-refractivity contribution < 1.29 is 9.63 Å². The van der Waals surface area contributed by atoms with Crippen molar-refractivity contribution in [2.75, 3.05) is 19.7 Å². The van der Waals surface area contributed by atoms with Gasteiger partial charge in [-0.1, -0.05) is 42.4 Å². The van der Waals surface area contributed by atoms with Crippen LogP contribution in [0.4, 0.5) is 0 Å². The van der Waals surface area contributed by atoms with Gasteiger partial charge < -0.3 is 9.63 Å². The van der Waals surface area contributed by atoms with E-state index < -0.39 is 0 Å². The lowest BCUT2D eigenvalue weighted by Gasteiger charge is -2.15. The molecule has 0 fully saturated rings. The van der Waals surface area contributed by atoms with Gasteiger partial charge in [0.1, 0.15) is 0 Å². The molecule has 0 amide bonds. The van der Waals surface area contributed by atoms with Crippen molar-refractivity contribution in [3.8, 4) is 0 Å². The van der Waals surface area contributed by atoms with E-state index >= 15 is 0 Å². The number of likely N-dealkylation sites (N-methyl/N-ethyl adjacent to an activating group) is 1. The van der Waals surface area contributed by atoms with Crippen LogP contribution in [-0.2, 0) is 13.0 Å². The average Bonchev–Trinajstić information content (AvgIpc) is 2.86. The summed E-state index contributed by atoms with van der Waals surface area (Å²) < 4.78 is 5.23. The number of nitrogens with zero attached hydrogens (tertiary/aromatic N) is 3. The number of aliphatic hydroxyl groups is 1. The van der Waals surface area contributed by atoms with Crippen molar-refractivity contribution in [3.05, 3.63) is 47.6 Å². The Kier molecular flexibility index (Phi) is 5.06. The summed E-state index contributed by atoms with van der Waals surface area (Å²) in [6.45, 7) is 4.22. The van der Waals surface area contributed by atoms with E-state index in [1.54, 1.807) is 0 Å². The fraction of sp³-hybridized carbons (Fsp3) is 0.429. The third kappa shape index (κ3) is 4.15. The van der Waals surface area contributed by atoms with Crippen molar-refractivity contribution in [2.24, 2.45) is 0 Å². The number of hydrogen-bond donors (Lipinski definition) is 1. The molecule has 5 nitrogen and oxygen atoms in total. The van der Waals surface area contributed by atoms with Gasteiger partial charge in [-0.15, -0.1) is 0 Å². The monoisotopic (exact) mass is 261 g/mol. The first-order valence-electron chi connectivity index (χ1n) is 6.50. The molecule has 0 aliphatic rings. The lowest BCUT2D eigenvalue weighted by atomic mass is 10.1. The van der Waals surface area contributed by atoms with Crippen LogP contribution in [0.5, 0.6) is 0 Å². The Morgan fingerprint density at radius 2 is 2.05 bits per heavy atom. The van der Waals surface area contributed by atoms with E-state index in [0.717, 1.165) is 12.1 Å². The van der Waals surface area contributed by atoms with Gasteiger partial charge >= 0.3 is 0 Å². The quantitative estimate of drug-likeness (QED) is 0.818. The summed E-state index contributed by atoms with van der Waals surface area (Å²) in [5.41, 5.74) is 1.16. The summed E-state index contributed by atoms with van der Waals surface area (Å²) in [7, 11) is 0. The van der Waals surface area contributed by atoms with Gasteiger partial charge in [0.05, 0.1) is 13.2 Å². The molecule has 0 unspecified atom stereocenters. The first kappa shape index (κ1) is 13.7. The molecule has 5 heteroatoms. The summed E-state index contributed by atoms with van der Waals surface area (Å²) in [4.78, 5) is 6.43. The van der Waals surface area contributed by atoms with Gasteiger partial charge in [0.15, 0.2) is 5.82 Å². The van der Waals surface area contributed by atoms with Crippen LogP contribution in [0.15, 0.2) is 34.9 Å². The Bertz CT molecular complexity index is 484. The first-order chi connectivity index (χ1) is 9.31. The van der Waals surface area contributed by atoms with E-state index in [9.17, 15) is 0 Å². The zero-order valence-corrected chi connectivity index (χ0v) is 11.1. The van der Waals surface area contributed by atoms with E-state index in [1.807, 2.05) is 37.3 Å². The molecule has 0 saturated heterocycles. The minimum Gasteiger partial charge on any atom is -0.395 e. The minimum atomic E-state index is 0.138.